The van der Waals surface area contributed by atoms with Crippen LogP contribution in [0.2, 0.25) is 5.02 Å². The molecule has 5 nitrogen and oxygen atoms in total. The number of methoxy groups -OCH3 is 1. The first-order valence-electron chi connectivity index (χ1n) is 6.00. The number of ether oxygens (including phenoxy) is 1. The van der Waals surface area contributed by atoms with E-state index in [9.17, 15) is 17.6 Å². The predicted octanol–water partition coefficient (Wildman–Crippen LogP) is 3.07. The Morgan fingerprint density at radius 1 is 1.23 bits per heavy atom. The van der Waals surface area contributed by atoms with Crippen LogP contribution in [0.25, 0.3) is 0 Å². The number of nitrogens with one attached hydrogen (secondary N) is 1. The molecular formula is C14H11ClFNO4S. The Bertz CT molecular complexity index is 823. The molecule has 0 bridgehead atoms. The van der Waals surface area contributed by atoms with E-state index in [-0.39, 0.29) is 21.2 Å². The summed E-state index contributed by atoms with van der Waals surface area (Å²) in [7, 11) is -2.83. The van der Waals surface area contributed by atoms with Crippen LogP contribution in [0.1, 0.15) is 10.4 Å². The maximum atomic E-state index is 13.2. The van der Waals surface area contributed by atoms with E-state index in [4.69, 9.17) is 11.6 Å². The SMILES string of the molecule is COC(=O)c1ccc(Cl)c(NS(=O)(=O)c2cccc(F)c2)c1. The molecule has 0 amide bonds. The highest BCUT2D eigenvalue weighted by molar-refractivity contribution is 7.92. The monoisotopic (exact) mass is 343 g/mol. The zero-order chi connectivity index (χ0) is 16.3. The van der Waals surface area contributed by atoms with Crippen LogP contribution >= 0.6 is 11.6 Å². The average molecular weight is 344 g/mol. The summed E-state index contributed by atoms with van der Waals surface area (Å²) in [5, 5.41) is 0.0904. The van der Waals surface area contributed by atoms with Gasteiger partial charge >= 0.3 is 5.97 Å². The fourth-order valence-electron chi connectivity index (χ4n) is 1.69. The highest BCUT2D eigenvalue weighted by Crippen LogP contribution is 2.26. The summed E-state index contributed by atoms with van der Waals surface area (Å²) in [5.41, 5.74) is 0.123. The second-order valence-electron chi connectivity index (χ2n) is 4.25. The average Bonchev–Trinajstić information content (AvgIpc) is 2.48. The van der Waals surface area contributed by atoms with Gasteiger partial charge in [0.15, 0.2) is 0 Å². The minimum absolute atomic E-state index is 0.00571. The van der Waals surface area contributed by atoms with Crippen molar-refractivity contribution >= 4 is 33.3 Å². The second kappa shape index (κ2) is 6.33. The molecule has 116 valence electrons. The van der Waals surface area contributed by atoms with Gasteiger partial charge in [-0.1, -0.05) is 17.7 Å². The van der Waals surface area contributed by atoms with Gasteiger partial charge in [0.25, 0.3) is 10.0 Å². The van der Waals surface area contributed by atoms with E-state index in [0.717, 1.165) is 12.1 Å². The van der Waals surface area contributed by atoms with Crippen LogP contribution < -0.4 is 4.72 Å². The Hall–Kier alpha value is -2.12. The Labute approximate surface area is 131 Å². The first-order chi connectivity index (χ1) is 10.3. The molecule has 0 aliphatic rings. The third-order valence-electron chi connectivity index (χ3n) is 2.74. The van der Waals surface area contributed by atoms with Crippen molar-refractivity contribution in [1.82, 2.24) is 0 Å². The number of benzene rings is 2. The van der Waals surface area contributed by atoms with Crippen LogP contribution in [0.3, 0.4) is 0 Å². The predicted molar refractivity (Wildman–Crippen MR) is 80.0 cm³/mol. The molecule has 2 aromatic carbocycles. The van der Waals surface area contributed by atoms with Gasteiger partial charge in [-0.3, -0.25) is 4.72 Å². The second-order valence-corrected chi connectivity index (χ2v) is 6.34. The lowest BCUT2D eigenvalue weighted by Crippen LogP contribution is -2.14. The molecule has 1 N–H and O–H groups in total. The van der Waals surface area contributed by atoms with Crippen molar-refractivity contribution in [3.8, 4) is 0 Å². The zero-order valence-electron chi connectivity index (χ0n) is 11.3. The lowest BCUT2D eigenvalue weighted by Gasteiger charge is -2.11. The minimum atomic E-state index is -4.03. The van der Waals surface area contributed by atoms with Crippen LogP contribution in [0, 0.1) is 5.82 Å². The van der Waals surface area contributed by atoms with Crippen molar-refractivity contribution < 1.29 is 22.3 Å². The summed E-state index contributed by atoms with van der Waals surface area (Å²) in [6.45, 7) is 0. The van der Waals surface area contributed by atoms with Gasteiger partial charge in [-0.05, 0) is 36.4 Å². The lowest BCUT2D eigenvalue weighted by atomic mass is 10.2. The van der Waals surface area contributed by atoms with E-state index >= 15 is 0 Å². The summed E-state index contributed by atoms with van der Waals surface area (Å²) < 4.78 is 44.3. The molecule has 2 aromatic rings. The zero-order valence-corrected chi connectivity index (χ0v) is 12.9. The lowest BCUT2D eigenvalue weighted by molar-refractivity contribution is 0.0601. The Morgan fingerprint density at radius 2 is 1.95 bits per heavy atom. The molecule has 0 atom stereocenters. The van der Waals surface area contributed by atoms with Crippen molar-refractivity contribution in [3.05, 3.63) is 58.9 Å². The number of halogens is 2. The summed E-state index contributed by atoms with van der Waals surface area (Å²) in [6, 6.07) is 8.51. The fraction of sp³-hybridized carbons (Fsp3) is 0.0714. The van der Waals surface area contributed by atoms with E-state index in [2.05, 4.69) is 9.46 Å². The molecule has 8 heteroatoms. The van der Waals surface area contributed by atoms with Crippen LogP contribution in [0.5, 0.6) is 0 Å². The maximum absolute atomic E-state index is 13.2. The van der Waals surface area contributed by atoms with E-state index in [1.165, 1.54) is 37.4 Å². The molecule has 0 fully saturated rings. The molecule has 0 saturated heterocycles. The van der Waals surface area contributed by atoms with Crippen LogP contribution in [0.15, 0.2) is 47.4 Å². The largest absolute Gasteiger partial charge is 0.465 e. The number of hydrogen-bond acceptors (Lipinski definition) is 4. The maximum Gasteiger partial charge on any atom is 0.337 e. The number of rotatable bonds is 4. The third kappa shape index (κ3) is 3.55. The summed E-state index contributed by atoms with van der Waals surface area (Å²) in [6.07, 6.45) is 0. The normalized spacial score (nSPS) is 11.0. The van der Waals surface area contributed by atoms with Gasteiger partial charge in [0.05, 0.1) is 28.3 Å². The highest BCUT2D eigenvalue weighted by Gasteiger charge is 2.18. The summed E-state index contributed by atoms with van der Waals surface area (Å²) >= 11 is 5.92. The summed E-state index contributed by atoms with van der Waals surface area (Å²) in [4.78, 5) is 11.2. The molecular weight excluding hydrogens is 333 g/mol. The molecule has 0 saturated carbocycles. The molecule has 0 unspecified atom stereocenters. The first-order valence-corrected chi connectivity index (χ1v) is 7.86. The summed E-state index contributed by atoms with van der Waals surface area (Å²) in [5.74, 6) is -1.32. The van der Waals surface area contributed by atoms with Crippen LogP contribution in [-0.2, 0) is 14.8 Å². The molecule has 0 aliphatic heterocycles. The number of esters is 1. The van der Waals surface area contributed by atoms with Crippen molar-refractivity contribution in [2.75, 3.05) is 11.8 Å². The molecule has 0 heterocycles. The molecule has 2 rings (SSSR count). The van der Waals surface area contributed by atoms with Crippen LogP contribution in [0.4, 0.5) is 10.1 Å². The van der Waals surface area contributed by atoms with Gasteiger partial charge in [-0.2, -0.15) is 0 Å². The smallest absolute Gasteiger partial charge is 0.337 e. The minimum Gasteiger partial charge on any atom is -0.465 e. The topological polar surface area (TPSA) is 72.5 Å². The number of carbonyl (C=O) groups is 1. The van der Waals surface area contributed by atoms with Crippen molar-refractivity contribution in [2.24, 2.45) is 0 Å². The quantitative estimate of drug-likeness (QED) is 0.866. The number of anilines is 1. The van der Waals surface area contributed by atoms with E-state index in [1.807, 2.05) is 0 Å². The Kier molecular flexibility index (Phi) is 4.68. The number of sulfonamides is 1. The molecule has 0 aromatic heterocycles. The number of carbonyl (C=O) groups excluding carboxylic acids is 1. The van der Waals surface area contributed by atoms with Crippen molar-refractivity contribution in [2.45, 2.75) is 4.90 Å². The molecule has 0 aliphatic carbocycles. The Balaban J connectivity index is 2.39. The highest BCUT2D eigenvalue weighted by atomic mass is 35.5. The van der Waals surface area contributed by atoms with E-state index in [0.29, 0.717) is 0 Å². The van der Waals surface area contributed by atoms with Gasteiger partial charge in [0, 0.05) is 0 Å². The Morgan fingerprint density at radius 3 is 2.59 bits per heavy atom. The van der Waals surface area contributed by atoms with Gasteiger partial charge in [0.1, 0.15) is 5.82 Å². The van der Waals surface area contributed by atoms with Crippen LogP contribution in [-0.4, -0.2) is 21.5 Å². The first kappa shape index (κ1) is 16.3. The van der Waals surface area contributed by atoms with Gasteiger partial charge < -0.3 is 4.74 Å². The van der Waals surface area contributed by atoms with Crippen molar-refractivity contribution in [3.63, 3.8) is 0 Å². The van der Waals surface area contributed by atoms with E-state index in [1.54, 1.807) is 0 Å². The van der Waals surface area contributed by atoms with E-state index < -0.39 is 21.8 Å². The molecule has 0 spiro atoms. The molecule has 0 radical (unpaired) electrons. The van der Waals surface area contributed by atoms with Crippen molar-refractivity contribution in [1.29, 1.82) is 0 Å². The fourth-order valence-corrected chi connectivity index (χ4v) is 3.01. The standard InChI is InChI=1S/C14H11ClFNO4S/c1-21-14(18)9-5-6-12(15)13(7-9)17-22(19,20)11-4-2-3-10(16)8-11/h2-8,17H,1H3. The number of hydrogen-bond donors (Lipinski definition) is 1. The van der Waals surface area contributed by atoms with Gasteiger partial charge in [-0.25, -0.2) is 17.6 Å². The third-order valence-corrected chi connectivity index (χ3v) is 4.43. The molecule has 22 heavy (non-hydrogen) atoms. The van der Waals surface area contributed by atoms with Gasteiger partial charge in [-0.15, -0.1) is 0 Å². The van der Waals surface area contributed by atoms with Gasteiger partial charge in [0.2, 0.25) is 0 Å².